The second-order valence-electron chi connectivity index (χ2n) is 7.53. The summed E-state index contributed by atoms with van der Waals surface area (Å²) in [6.07, 6.45) is 3.20. The molecule has 2 heterocycles. The third-order valence-corrected chi connectivity index (χ3v) is 5.63. The van der Waals surface area contributed by atoms with Gasteiger partial charge in [-0.3, -0.25) is 9.59 Å². The van der Waals surface area contributed by atoms with Crippen LogP contribution in [0, 0.1) is 11.3 Å². The van der Waals surface area contributed by atoms with Gasteiger partial charge in [0.2, 0.25) is 11.8 Å². The van der Waals surface area contributed by atoms with Gasteiger partial charge in [0.15, 0.2) is 0 Å². The van der Waals surface area contributed by atoms with Crippen LogP contribution in [0.25, 0.3) is 0 Å². The van der Waals surface area contributed by atoms with Crippen molar-refractivity contribution in [2.75, 3.05) is 19.6 Å². The average molecular weight is 383 g/mol. The molecule has 2 amide bonds. The van der Waals surface area contributed by atoms with E-state index in [4.69, 9.17) is 11.6 Å². The number of hydrogen-bond acceptors (Lipinski definition) is 3. The van der Waals surface area contributed by atoms with Gasteiger partial charge < -0.3 is 9.80 Å². The van der Waals surface area contributed by atoms with Crippen molar-refractivity contribution in [2.24, 2.45) is 11.3 Å². The summed E-state index contributed by atoms with van der Waals surface area (Å²) in [5.41, 5.74) is -0.371. The van der Waals surface area contributed by atoms with E-state index in [0.717, 1.165) is 22.1 Å². The number of hydrogen-bond donors (Lipinski definition) is 0. The minimum absolute atomic E-state index is 0.0283. The lowest BCUT2D eigenvalue weighted by atomic mass is 9.90. The first-order chi connectivity index (χ1) is 11.7. The maximum absolute atomic E-state index is 12.9. The number of likely N-dealkylation sites (tertiary alicyclic amines) is 1. The van der Waals surface area contributed by atoms with Crippen molar-refractivity contribution in [3.05, 3.63) is 34.0 Å². The summed E-state index contributed by atoms with van der Waals surface area (Å²) >= 11 is 7.49. The third-order valence-electron chi connectivity index (χ3n) is 4.41. The maximum atomic E-state index is 12.9. The number of nitrogens with zero attached hydrogens (tertiary/aromatic N) is 2. The fraction of sp³-hybridized carbons (Fsp3) is 0.579. The highest BCUT2D eigenvalue weighted by molar-refractivity contribution is 7.16. The first-order valence-electron chi connectivity index (χ1n) is 8.65. The third kappa shape index (κ3) is 5.32. The first-order valence-corrected chi connectivity index (χ1v) is 9.85. The van der Waals surface area contributed by atoms with Crippen LogP contribution in [0.15, 0.2) is 24.8 Å². The molecule has 1 aliphatic rings. The van der Waals surface area contributed by atoms with Crippen molar-refractivity contribution in [2.45, 2.75) is 40.2 Å². The SMILES string of the molecule is C=CCN(Cc1ccc(Cl)s1)C(=O)C1CCN(C(=O)C(C)(C)C)CC1. The topological polar surface area (TPSA) is 40.6 Å². The molecule has 1 aromatic rings. The second kappa shape index (κ2) is 8.37. The molecule has 0 spiro atoms. The Kier molecular flexibility index (Phi) is 6.69. The zero-order valence-corrected chi connectivity index (χ0v) is 16.8. The fourth-order valence-electron chi connectivity index (χ4n) is 3.08. The lowest BCUT2D eigenvalue weighted by molar-refractivity contribution is -0.145. The lowest BCUT2D eigenvalue weighted by Gasteiger charge is -2.36. The number of amides is 2. The van der Waals surface area contributed by atoms with Gasteiger partial charge in [-0.25, -0.2) is 0 Å². The van der Waals surface area contributed by atoms with E-state index in [9.17, 15) is 9.59 Å². The Morgan fingerprint density at radius 2 is 2.00 bits per heavy atom. The van der Waals surface area contributed by atoms with Gasteiger partial charge in [0.25, 0.3) is 0 Å². The summed E-state index contributed by atoms with van der Waals surface area (Å²) < 4.78 is 0.731. The van der Waals surface area contributed by atoms with Crippen molar-refractivity contribution < 1.29 is 9.59 Å². The predicted molar refractivity (Wildman–Crippen MR) is 104 cm³/mol. The van der Waals surface area contributed by atoms with Crippen molar-refractivity contribution >= 4 is 34.8 Å². The molecule has 2 rings (SSSR count). The van der Waals surface area contributed by atoms with Crippen LogP contribution in [0.4, 0.5) is 0 Å². The van der Waals surface area contributed by atoms with Gasteiger partial charge in [0.1, 0.15) is 0 Å². The summed E-state index contributed by atoms with van der Waals surface area (Å²) in [4.78, 5) is 30.1. The zero-order chi connectivity index (χ0) is 18.6. The molecular formula is C19H27ClN2O2S. The highest BCUT2D eigenvalue weighted by Crippen LogP contribution is 2.27. The van der Waals surface area contributed by atoms with E-state index in [0.29, 0.717) is 26.2 Å². The normalized spacial score (nSPS) is 15.9. The van der Waals surface area contributed by atoms with Crippen LogP contribution in [-0.4, -0.2) is 41.2 Å². The molecule has 0 unspecified atom stereocenters. The second-order valence-corrected chi connectivity index (χ2v) is 9.33. The van der Waals surface area contributed by atoms with E-state index < -0.39 is 0 Å². The Hall–Kier alpha value is -1.33. The number of carbonyl (C=O) groups excluding carboxylic acids is 2. The van der Waals surface area contributed by atoms with E-state index in [2.05, 4.69) is 6.58 Å². The standard InChI is InChI=1S/C19H27ClN2O2S/c1-5-10-22(13-15-6-7-16(20)25-15)17(23)14-8-11-21(12-9-14)18(24)19(2,3)4/h5-7,14H,1,8-13H2,2-4H3. The summed E-state index contributed by atoms with van der Waals surface area (Å²) in [7, 11) is 0. The molecule has 4 nitrogen and oxygen atoms in total. The van der Waals surface area contributed by atoms with Crippen LogP contribution < -0.4 is 0 Å². The Morgan fingerprint density at radius 3 is 2.48 bits per heavy atom. The van der Waals surface area contributed by atoms with Gasteiger partial charge in [-0.2, -0.15) is 0 Å². The van der Waals surface area contributed by atoms with Crippen LogP contribution in [0.2, 0.25) is 4.34 Å². The number of halogens is 1. The molecule has 25 heavy (non-hydrogen) atoms. The van der Waals surface area contributed by atoms with Gasteiger partial charge in [-0.15, -0.1) is 17.9 Å². The predicted octanol–water partition coefficient (Wildman–Crippen LogP) is 4.20. The molecule has 0 atom stereocenters. The minimum atomic E-state index is -0.371. The number of thiophene rings is 1. The summed E-state index contributed by atoms with van der Waals surface area (Å²) in [6.45, 7) is 12.0. The van der Waals surface area contributed by atoms with Gasteiger partial charge in [0.05, 0.1) is 10.9 Å². The molecule has 0 saturated carbocycles. The quantitative estimate of drug-likeness (QED) is 0.716. The Labute approximate surface area is 159 Å². The van der Waals surface area contributed by atoms with Crippen LogP contribution in [-0.2, 0) is 16.1 Å². The fourth-order valence-corrected chi connectivity index (χ4v) is 4.18. The van der Waals surface area contributed by atoms with Crippen LogP contribution in [0.3, 0.4) is 0 Å². The molecule has 1 saturated heterocycles. The molecule has 1 fully saturated rings. The first kappa shape index (κ1) is 20.0. The average Bonchev–Trinajstić information content (AvgIpc) is 2.97. The number of carbonyl (C=O) groups is 2. The zero-order valence-electron chi connectivity index (χ0n) is 15.3. The highest BCUT2D eigenvalue weighted by Gasteiger charge is 2.33. The Morgan fingerprint density at radius 1 is 1.36 bits per heavy atom. The molecule has 0 aromatic carbocycles. The van der Waals surface area contributed by atoms with E-state index in [1.165, 1.54) is 11.3 Å². The van der Waals surface area contributed by atoms with Gasteiger partial charge in [-0.1, -0.05) is 38.4 Å². The largest absolute Gasteiger partial charge is 0.342 e. The Balaban J connectivity index is 1.96. The Bertz CT molecular complexity index is 628. The van der Waals surface area contributed by atoms with Crippen molar-refractivity contribution in [3.63, 3.8) is 0 Å². The summed E-state index contributed by atoms with van der Waals surface area (Å²) in [5, 5.41) is 0. The summed E-state index contributed by atoms with van der Waals surface area (Å²) in [5.74, 6) is 0.279. The summed E-state index contributed by atoms with van der Waals surface area (Å²) in [6, 6.07) is 3.82. The molecular weight excluding hydrogens is 356 g/mol. The monoisotopic (exact) mass is 382 g/mol. The number of piperidine rings is 1. The van der Waals surface area contributed by atoms with Gasteiger partial charge in [0, 0.05) is 35.8 Å². The van der Waals surface area contributed by atoms with Crippen LogP contribution in [0.1, 0.15) is 38.5 Å². The van der Waals surface area contributed by atoms with Crippen molar-refractivity contribution in [1.82, 2.24) is 9.80 Å². The van der Waals surface area contributed by atoms with E-state index in [-0.39, 0.29) is 23.1 Å². The molecule has 6 heteroatoms. The van der Waals surface area contributed by atoms with E-state index in [1.807, 2.05) is 42.7 Å². The lowest BCUT2D eigenvalue weighted by Crippen LogP contribution is -2.47. The van der Waals surface area contributed by atoms with Gasteiger partial charge >= 0.3 is 0 Å². The number of rotatable bonds is 5. The van der Waals surface area contributed by atoms with Crippen molar-refractivity contribution in [3.8, 4) is 0 Å². The maximum Gasteiger partial charge on any atom is 0.227 e. The molecule has 0 N–H and O–H groups in total. The van der Waals surface area contributed by atoms with Crippen LogP contribution >= 0.6 is 22.9 Å². The molecule has 0 aliphatic carbocycles. The molecule has 0 radical (unpaired) electrons. The van der Waals surface area contributed by atoms with E-state index >= 15 is 0 Å². The highest BCUT2D eigenvalue weighted by atomic mass is 35.5. The van der Waals surface area contributed by atoms with E-state index in [1.54, 1.807) is 6.08 Å². The van der Waals surface area contributed by atoms with Crippen LogP contribution in [0.5, 0.6) is 0 Å². The molecule has 0 bridgehead atoms. The van der Waals surface area contributed by atoms with Crippen molar-refractivity contribution in [1.29, 1.82) is 0 Å². The minimum Gasteiger partial charge on any atom is -0.342 e. The smallest absolute Gasteiger partial charge is 0.227 e. The molecule has 1 aliphatic heterocycles. The molecule has 138 valence electrons. The van der Waals surface area contributed by atoms with Gasteiger partial charge in [-0.05, 0) is 25.0 Å². The molecule has 1 aromatic heterocycles.